The average molecular weight is 255 g/mol. The molecule has 0 radical (unpaired) electrons. The van der Waals surface area contributed by atoms with Crippen molar-refractivity contribution in [1.29, 1.82) is 0 Å². The lowest BCUT2D eigenvalue weighted by Crippen LogP contribution is -2.56. The van der Waals surface area contributed by atoms with Crippen molar-refractivity contribution < 1.29 is 14.6 Å². The van der Waals surface area contributed by atoms with Crippen molar-refractivity contribution in [2.24, 2.45) is 5.41 Å². The van der Waals surface area contributed by atoms with Crippen LogP contribution in [0.3, 0.4) is 0 Å². The van der Waals surface area contributed by atoms with Gasteiger partial charge in [-0.05, 0) is 26.7 Å². The molecule has 1 heterocycles. The number of carbonyl (C=O) groups excluding carboxylic acids is 1. The molecule has 104 valence electrons. The molecule has 0 bridgehead atoms. The summed E-state index contributed by atoms with van der Waals surface area (Å²) in [5.74, 6) is 0. The zero-order valence-corrected chi connectivity index (χ0v) is 11.5. The standard InChI is InChI=1S/C14H25NO3/c1-13(2)9-15(7-12(8-16)18-13)10-14(11-17)5-3-4-6-14/h11-12,16H,3-10H2,1-2H3. The molecule has 1 aliphatic heterocycles. The Morgan fingerprint density at radius 3 is 2.61 bits per heavy atom. The number of aliphatic hydroxyl groups excluding tert-OH is 1. The van der Waals surface area contributed by atoms with E-state index in [1.54, 1.807) is 0 Å². The summed E-state index contributed by atoms with van der Waals surface area (Å²) in [7, 11) is 0. The molecule has 1 N–H and O–H groups in total. The zero-order chi connectivity index (χ0) is 13.2. The summed E-state index contributed by atoms with van der Waals surface area (Å²) in [6.07, 6.45) is 5.39. The molecule has 1 saturated heterocycles. The van der Waals surface area contributed by atoms with Crippen LogP contribution in [0.2, 0.25) is 0 Å². The first kappa shape index (κ1) is 14.0. The highest BCUT2D eigenvalue weighted by Gasteiger charge is 2.40. The van der Waals surface area contributed by atoms with Crippen LogP contribution in [0.5, 0.6) is 0 Å². The third-order valence-corrected chi connectivity index (χ3v) is 4.14. The Kier molecular flexibility index (Phi) is 4.09. The third-order valence-electron chi connectivity index (χ3n) is 4.14. The molecule has 0 aromatic heterocycles. The Balaban J connectivity index is 2.01. The molecule has 1 aliphatic carbocycles. The van der Waals surface area contributed by atoms with E-state index >= 15 is 0 Å². The summed E-state index contributed by atoms with van der Waals surface area (Å²) in [5, 5.41) is 9.30. The summed E-state index contributed by atoms with van der Waals surface area (Å²) >= 11 is 0. The minimum Gasteiger partial charge on any atom is -0.394 e. The van der Waals surface area contributed by atoms with Gasteiger partial charge in [0.25, 0.3) is 0 Å². The Hall–Kier alpha value is -0.450. The normalized spacial score (nSPS) is 31.4. The number of aliphatic hydroxyl groups is 1. The van der Waals surface area contributed by atoms with Crippen molar-refractivity contribution in [2.45, 2.75) is 51.2 Å². The molecule has 0 aromatic carbocycles. The second kappa shape index (κ2) is 5.27. The van der Waals surface area contributed by atoms with E-state index in [1.165, 1.54) is 0 Å². The van der Waals surface area contributed by atoms with Gasteiger partial charge >= 0.3 is 0 Å². The predicted molar refractivity (Wildman–Crippen MR) is 69.4 cm³/mol. The number of hydrogen-bond donors (Lipinski definition) is 1. The maximum absolute atomic E-state index is 11.4. The van der Waals surface area contributed by atoms with Gasteiger partial charge in [-0.15, -0.1) is 0 Å². The quantitative estimate of drug-likeness (QED) is 0.767. The monoisotopic (exact) mass is 255 g/mol. The minimum absolute atomic E-state index is 0.0496. The van der Waals surface area contributed by atoms with E-state index < -0.39 is 0 Å². The Morgan fingerprint density at radius 1 is 1.39 bits per heavy atom. The number of rotatable bonds is 4. The molecule has 1 saturated carbocycles. The predicted octanol–water partition coefficient (Wildman–Crippen LogP) is 1.22. The number of nitrogens with zero attached hydrogens (tertiary/aromatic N) is 1. The average Bonchev–Trinajstić information content (AvgIpc) is 2.76. The Bertz CT molecular complexity index is 297. The fourth-order valence-corrected chi connectivity index (χ4v) is 3.47. The van der Waals surface area contributed by atoms with Gasteiger partial charge in [-0.2, -0.15) is 0 Å². The topological polar surface area (TPSA) is 49.8 Å². The molecular formula is C14H25NO3. The largest absolute Gasteiger partial charge is 0.394 e. The first-order valence-corrected chi connectivity index (χ1v) is 6.96. The first-order valence-electron chi connectivity index (χ1n) is 6.96. The molecule has 1 unspecified atom stereocenters. The highest BCUT2D eigenvalue weighted by atomic mass is 16.5. The molecule has 4 nitrogen and oxygen atoms in total. The molecule has 2 fully saturated rings. The summed E-state index contributed by atoms with van der Waals surface area (Å²) in [4.78, 5) is 13.7. The van der Waals surface area contributed by atoms with E-state index in [9.17, 15) is 9.90 Å². The maximum atomic E-state index is 11.4. The lowest BCUT2D eigenvalue weighted by molar-refractivity contribution is -0.155. The number of hydrogen-bond acceptors (Lipinski definition) is 4. The van der Waals surface area contributed by atoms with Crippen LogP contribution < -0.4 is 0 Å². The van der Waals surface area contributed by atoms with Gasteiger partial charge in [-0.1, -0.05) is 12.8 Å². The second-order valence-corrected chi connectivity index (χ2v) is 6.54. The smallest absolute Gasteiger partial charge is 0.127 e. The summed E-state index contributed by atoms with van der Waals surface area (Å²) in [5.41, 5.74) is -0.387. The molecule has 0 aromatic rings. The van der Waals surface area contributed by atoms with Gasteiger partial charge in [-0.25, -0.2) is 0 Å². The van der Waals surface area contributed by atoms with Gasteiger partial charge in [0.2, 0.25) is 0 Å². The van der Waals surface area contributed by atoms with E-state index in [1.807, 2.05) is 13.8 Å². The molecule has 0 spiro atoms. The molecular weight excluding hydrogens is 230 g/mol. The second-order valence-electron chi connectivity index (χ2n) is 6.54. The van der Waals surface area contributed by atoms with Crippen LogP contribution in [0, 0.1) is 5.41 Å². The van der Waals surface area contributed by atoms with Crippen LogP contribution in [0.1, 0.15) is 39.5 Å². The van der Waals surface area contributed by atoms with Crippen LogP contribution in [0.4, 0.5) is 0 Å². The van der Waals surface area contributed by atoms with Gasteiger partial charge < -0.3 is 14.6 Å². The third kappa shape index (κ3) is 3.11. The van der Waals surface area contributed by atoms with Crippen LogP contribution in [0.15, 0.2) is 0 Å². The van der Waals surface area contributed by atoms with E-state index in [4.69, 9.17) is 4.74 Å². The van der Waals surface area contributed by atoms with Crippen molar-refractivity contribution in [3.63, 3.8) is 0 Å². The molecule has 18 heavy (non-hydrogen) atoms. The van der Waals surface area contributed by atoms with E-state index in [-0.39, 0.29) is 23.7 Å². The van der Waals surface area contributed by atoms with Gasteiger partial charge in [0, 0.05) is 25.0 Å². The molecule has 0 amide bonds. The highest BCUT2D eigenvalue weighted by molar-refractivity contribution is 5.60. The van der Waals surface area contributed by atoms with E-state index in [0.29, 0.717) is 0 Å². The van der Waals surface area contributed by atoms with Crippen LogP contribution in [-0.4, -0.2) is 54.2 Å². The summed E-state index contributed by atoms with van der Waals surface area (Å²) < 4.78 is 5.80. The maximum Gasteiger partial charge on any atom is 0.127 e. The first-order chi connectivity index (χ1) is 8.49. The van der Waals surface area contributed by atoms with Crippen molar-refractivity contribution in [3.8, 4) is 0 Å². The van der Waals surface area contributed by atoms with Gasteiger partial charge in [-0.3, -0.25) is 4.90 Å². The summed E-state index contributed by atoms with van der Waals surface area (Å²) in [6, 6.07) is 0. The van der Waals surface area contributed by atoms with Crippen molar-refractivity contribution in [1.82, 2.24) is 4.90 Å². The van der Waals surface area contributed by atoms with Crippen molar-refractivity contribution in [2.75, 3.05) is 26.2 Å². The molecule has 2 rings (SSSR count). The van der Waals surface area contributed by atoms with Gasteiger partial charge in [0.15, 0.2) is 0 Å². The van der Waals surface area contributed by atoms with E-state index in [0.717, 1.165) is 51.6 Å². The fraction of sp³-hybridized carbons (Fsp3) is 0.929. The number of aldehydes is 1. The zero-order valence-electron chi connectivity index (χ0n) is 11.5. The molecule has 4 heteroatoms. The Morgan fingerprint density at radius 2 is 2.06 bits per heavy atom. The number of ether oxygens (including phenoxy) is 1. The minimum atomic E-state index is -0.242. The number of morpholine rings is 1. The van der Waals surface area contributed by atoms with Gasteiger partial charge in [0.05, 0.1) is 18.3 Å². The highest BCUT2D eigenvalue weighted by Crippen LogP contribution is 2.37. The summed E-state index contributed by atoms with van der Waals surface area (Å²) in [6.45, 7) is 6.52. The Labute approximate surface area is 109 Å². The van der Waals surface area contributed by atoms with E-state index in [2.05, 4.69) is 4.90 Å². The fourth-order valence-electron chi connectivity index (χ4n) is 3.47. The SMILES string of the molecule is CC1(C)CN(CC2(C=O)CCCC2)CC(CO)O1. The van der Waals surface area contributed by atoms with Crippen LogP contribution in [-0.2, 0) is 9.53 Å². The van der Waals surface area contributed by atoms with Crippen molar-refractivity contribution >= 4 is 6.29 Å². The molecule has 2 aliphatic rings. The lowest BCUT2D eigenvalue weighted by atomic mass is 9.86. The molecule has 1 atom stereocenters. The number of carbonyl (C=O) groups is 1. The van der Waals surface area contributed by atoms with Gasteiger partial charge in [0.1, 0.15) is 6.29 Å². The van der Waals surface area contributed by atoms with Crippen LogP contribution in [0.25, 0.3) is 0 Å². The van der Waals surface area contributed by atoms with Crippen LogP contribution >= 0.6 is 0 Å². The van der Waals surface area contributed by atoms with Crippen molar-refractivity contribution in [3.05, 3.63) is 0 Å². The lowest BCUT2D eigenvalue weighted by Gasteiger charge is -2.44.